The number of furan rings is 1. The molecule has 0 saturated heterocycles. The van der Waals surface area contributed by atoms with E-state index in [1.54, 1.807) is 60.7 Å². The van der Waals surface area contributed by atoms with E-state index < -0.39 is 5.91 Å². The molecule has 0 spiro atoms. The van der Waals surface area contributed by atoms with E-state index in [0.717, 1.165) is 0 Å². The number of ether oxygens (including phenoxy) is 1. The SMILES string of the molecule is N#C/C(=C\c1ccc(OCC(=O)NCc2ccco2)cc1)C(=O)Nc1ccccc1. The van der Waals surface area contributed by atoms with Crippen molar-refractivity contribution in [2.75, 3.05) is 11.9 Å². The van der Waals surface area contributed by atoms with Gasteiger partial charge in [-0.2, -0.15) is 5.26 Å². The van der Waals surface area contributed by atoms with Crippen molar-refractivity contribution in [1.29, 1.82) is 5.26 Å². The second-order valence-electron chi connectivity index (χ2n) is 6.20. The molecule has 7 heteroatoms. The average Bonchev–Trinajstić information content (AvgIpc) is 3.30. The quantitative estimate of drug-likeness (QED) is 0.444. The van der Waals surface area contributed by atoms with Crippen molar-refractivity contribution in [2.45, 2.75) is 6.54 Å². The number of rotatable bonds is 8. The van der Waals surface area contributed by atoms with Crippen LogP contribution in [0.1, 0.15) is 11.3 Å². The Labute approximate surface area is 173 Å². The molecular formula is C23H19N3O4. The van der Waals surface area contributed by atoms with E-state index >= 15 is 0 Å². The summed E-state index contributed by atoms with van der Waals surface area (Å²) in [5.41, 5.74) is 1.24. The Balaban J connectivity index is 1.52. The number of para-hydroxylation sites is 1. The first-order valence-electron chi connectivity index (χ1n) is 9.14. The van der Waals surface area contributed by atoms with Crippen LogP contribution >= 0.6 is 0 Å². The topological polar surface area (TPSA) is 104 Å². The van der Waals surface area contributed by atoms with Gasteiger partial charge in [0.1, 0.15) is 23.2 Å². The van der Waals surface area contributed by atoms with Crippen molar-refractivity contribution in [3.8, 4) is 11.8 Å². The minimum absolute atomic E-state index is 0.0233. The first-order chi connectivity index (χ1) is 14.6. The van der Waals surface area contributed by atoms with E-state index in [9.17, 15) is 14.9 Å². The first-order valence-corrected chi connectivity index (χ1v) is 9.14. The summed E-state index contributed by atoms with van der Waals surface area (Å²) in [6.45, 7) is 0.153. The third-order valence-corrected chi connectivity index (χ3v) is 4.00. The van der Waals surface area contributed by atoms with Gasteiger partial charge in [0.2, 0.25) is 0 Å². The second kappa shape index (κ2) is 10.3. The van der Waals surface area contributed by atoms with E-state index in [0.29, 0.717) is 29.3 Å². The number of carbonyl (C=O) groups excluding carboxylic acids is 2. The molecule has 7 nitrogen and oxygen atoms in total. The van der Waals surface area contributed by atoms with Crippen LogP contribution < -0.4 is 15.4 Å². The number of nitriles is 1. The molecule has 0 saturated carbocycles. The molecule has 3 aromatic rings. The number of anilines is 1. The molecule has 2 N–H and O–H groups in total. The highest BCUT2D eigenvalue weighted by molar-refractivity contribution is 6.09. The summed E-state index contributed by atoms with van der Waals surface area (Å²) in [5.74, 6) is 0.383. The summed E-state index contributed by atoms with van der Waals surface area (Å²) in [5, 5.41) is 14.7. The lowest BCUT2D eigenvalue weighted by Gasteiger charge is -2.07. The molecular weight excluding hydrogens is 382 g/mol. The van der Waals surface area contributed by atoms with E-state index in [2.05, 4.69) is 10.6 Å². The Morgan fingerprint density at radius 3 is 2.47 bits per heavy atom. The van der Waals surface area contributed by atoms with Crippen LogP contribution in [-0.4, -0.2) is 18.4 Å². The Bertz CT molecular complexity index is 1050. The molecule has 150 valence electrons. The minimum atomic E-state index is -0.489. The highest BCUT2D eigenvalue weighted by atomic mass is 16.5. The van der Waals surface area contributed by atoms with Crippen molar-refractivity contribution in [3.05, 3.63) is 89.9 Å². The average molecular weight is 401 g/mol. The van der Waals surface area contributed by atoms with Gasteiger partial charge < -0.3 is 19.8 Å². The molecule has 30 heavy (non-hydrogen) atoms. The smallest absolute Gasteiger partial charge is 0.266 e. The molecule has 1 heterocycles. The van der Waals surface area contributed by atoms with Gasteiger partial charge in [0.15, 0.2) is 6.61 Å². The number of hydrogen-bond acceptors (Lipinski definition) is 5. The fraction of sp³-hybridized carbons (Fsp3) is 0.0870. The third kappa shape index (κ3) is 6.11. The van der Waals surface area contributed by atoms with Crippen LogP contribution in [0.25, 0.3) is 6.08 Å². The Morgan fingerprint density at radius 1 is 1.03 bits per heavy atom. The second-order valence-corrected chi connectivity index (χ2v) is 6.20. The summed E-state index contributed by atoms with van der Waals surface area (Å²) in [4.78, 5) is 24.1. The predicted molar refractivity (Wildman–Crippen MR) is 111 cm³/mol. The maximum absolute atomic E-state index is 12.3. The van der Waals surface area contributed by atoms with Gasteiger partial charge in [-0.3, -0.25) is 9.59 Å². The zero-order chi connectivity index (χ0) is 21.2. The number of carbonyl (C=O) groups is 2. The van der Waals surface area contributed by atoms with Crippen molar-refractivity contribution in [1.82, 2.24) is 5.32 Å². The van der Waals surface area contributed by atoms with Crippen LogP contribution in [0.3, 0.4) is 0 Å². The molecule has 2 aromatic carbocycles. The van der Waals surface area contributed by atoms with Crippen molar-refractivity contribution >= 4 is 23.6 Å². The first kappa shape index (κ1) is 20.4. The molecule has 2 amide bonds. The molecule has 0 atom stereocenters. The fourth-order valence-corrected chi connectivity index (χ4v) is 2.49. The molecule has 1 aromatic heterocycles. The lowest BCUT2D eigenvalue weighted by molar-refractivity contribution is -0.123. The van der Waals surface area contributed by atoms with Crippen LogP contribution in [0.2, 0.25) is 0 Å². The van der Waals surface area contributed by atoms with E-state index in [4.69, 9.17) is 9.15 Å². The standard InChI is InChI=1S/C23H19N3O4/c24-14-18(23(28)26-19-5-2-1-3-6-19)13-17-8-10-20(11-9-17)30-16-22(27)25-15-21-7-4-12-29-21/h1-13H,15-16H2,(H,25,27)(H,26,28)/b18-13+. The zero-order valence-corrected chi connectivity index (χ0v) is 16.0. The highest BCUT2D eigenvalue weighted by Gasteiger charge is 2.09. The van der Waals surface area contributed by atoms with Crippen molar-refractivity contribution in [2.24, 2.45) is 0 Å². The monoisotopic (exact) mass is 401 g/mol. The van der Waals surface area contributed by atoms with Gasteiger partial charge in [0, 0.05) is 5.69 Å². The van der Waals surface area contributed by atoms with Gasteiger partial charge in [0.05, 0.1) is 12.8 Å². The van der Waals surface area contributed by atoms with Crippen molar-refractivity contribution in [3.63, 3.8) is 0 Å². The van der Waals surface area contributed by atoms with Crippen LogP contribution in [0.4, 0.5) is 5.69 Å². The molecule has 0 bridgehead atoms. The van der Waals surface area contributed by atoms with E-state index in [1.807, 2.05) is 12.1 Å². The fourth-order valence-electron chi connectivity index (χ4n) is 2.49. The van der Waals surface area contributed by atoms with Crippen LogP contribution in [0.5, 0.6) is 5.75 Å². The molecule has 0 radical (unpaired) electrons. The van der Waals surface area contributed by atoms with Gasteiger partial charge in [-0.05, 0) is 48.0 Å². The summed E-state index contributed by atoms with van der Waals surface area (Å²) >= 11 is 0. The maximum Gasteiger partial charge on any atom is 0.266 e. The Morgan fingerprint density at radius 2 is 1.80 bits per heavy atom. The normalized spacial score (nSPS) is 10.7. The van der Waals surface area contributed by atoms with Gasteiger partial charge in [-0.25, -0.2) is 0 Å². The number of nitrogens with zero attached hydrogens (tertiary/aromatic N) is 1. The molecule has 0 aliphatic rings. The predicted octanol–water partition coefficient (Wildman–Crippen LogP) is 3.52. The molecule has 0 unspecified atom stereocenters. The molecule has 0 aliphatic heterocycles. The minimum Gasteiger partial charge on any atom is -0.484 e. The third-order valence-electron chi connectivity index (χ3n) is 4.00. The largest absolute Gasteiger partial charge is 0.484 e. The summed E-state index contributed by atoms with van der Waals surface area (Å²) in [6.07, 6.45) is 3.02. The summed E-state index contributed by atoms with van der Waals surface area (Å²) in [6, 6.07) is 21.0. The zero-order valence-electron chi connectivity index (χ0n) is 16.0. The Hall–Kier alpha value is -4.31. The number of nitrogens with one attached hydrogen (secondary N) is 2. The lowest BCUT2D eigenvalue weighted by atomic mass is 10.1. The van der Waals surface area contributed by atoms with Crippen LogP contribution in [-0.2, 0) is 16.1 Å². The van der Waals surface area contributed by atoms with Crippen LogP contribution in [0, 0.1) is 11.3 Å². The van der Waals surface area contributed by atoms with Crippen molar-refractivity contribution < 1.29 is 18.7 Å². The van der Waals surface area contributed by atoms with Gasteiger partial charge in [0.25, 0.3) is 11.8 Å². The summed E-state index contributed by atoms with van der Waals surface area (Å²) in [7, 11) is 0. The molecule has 0 aliphatic carbocycles. The maximum atomic E-state index is 12.3. The van der Waals surface area contributed by atoms with Gasteiger partial charge >= 0.3 is 0 Å². The highest BCUT2D eigenvalue weighted by Crippen LogP contribution is 2.15. The molecule has 3 rings (SSSR count). The lowest BCUT2D eigenvalue weighted by Crippen LogP contribution is -2.28. The molecule has 0 fully saturated rings. The summed E-state index contributed by atoms with van der Waals surface area (Å²) < 4.78 is 10.6. The van der Waals surface area contributed by atoms with E-state index in [1.165, 1.54) is 12.3 Å². The van der Waals surface area contributed by atoms with Crippen LogP contribution in [0.15, 0.2) is 83.0 Å². The van der Waals surface area contributed by atoms with Gasteiger partial charge in [-0.1, -0.05) is 30.3 Å². The number of hydrogen-bond donors (Lipinski definition) is 2. The number of amides is 2. The number of benzene rings is 2. The van der Waals surface area contributed by atoms with E-state index in [-0.39, 0.29) is 18.1 Å². The Kier molecular flexibility index (Phi) is 7.01. The van der Waals surface area contributed by atoms with Gasteiger partial charge in [-0.15, -0.1) is 0 Å².